The molecule has 0 unspecified atom stereocenters. The van der Waals surface area contributed by atoms with E-state index in [1.54, 1.807) is 13.2 Å². The first-order valence-corrected chi connectivity index (χ1v) is 5.85. The van der Waals surface area contributed by atoms with Crippen molar-refractivity contribution in [3.05, 3.63) is 17.7 Å². The molecule has 16 heavy (non-hydrogen) atoms. The Bertz CT molecular complexity index is 390. The molecule has 4 nitrogen and oxygen atoms in total. The van der Waals surface area contributed by atoms with E-state index in [1.807, 2.05) is 12.3 Å². The summed E-state index contributed by atoms with van der Waals surface area (Å²) in [6.07, 6.45) is 1.83. The molecule has 0 aromatic heterocycles. The van der Waals surface area contributed by atoms with Gasteiger partial charge in [-0.15, -0.1) is 11.8 Å². The SMILES string of the molecule is COc1cc(CC(=O)O)c(OC)c(SC)c1. The first kappa shape index (κ1) is 12.7. The van der Waals surface area contributed by atoms with Crippen LogP contribution in [0, 0.1) is 0 Å². The van der Waals surface area contributed by atoms with Gasteiger partial charge in [-0.2, -0.15) is 0 Å². The van der Waals surface area contributed by atoms with Crippen molar-refractivity contribution in [3.63, 3.8) is 0 Å². The van der Waals surface area contributed by atoms with Crippen LogP contribution in [0.1, 0.15) is 5.56 Å². The first-order valence-electron chi connectivity index (χ1n) is 4.63. The van der Waals surface area contributed by atoms with Gasteiger partial charge < -0.3 is 14.6 Å². The van der Waals surface area contributed by atoms with Crippen molar-refractivity contribution >= 4 is 17.7 Å². The molecule has 0 radical (unpaired) electrons. The molecule has 0 heterocycles. The van der Waals surface area contributed by atoms with Crippen LogP contribution in [0.5, 0.6) is 11.5 Å². The molecule has 0 aliphatic heterocycles. The van der Waals surface area contributed by atoms with Crippen molar-refractivity contribution in [2.24, 2.45) is 0 Å². The van der Waals surface area contributed by atoms with Gasteiger partial charge in [-0.25, -0.2) is 0 Å². The lowest BCUT2D eigenvalue weighted by molar-refractivity contribution is -0.136. The molecular formula is C11H14O4S. The van der Waals surface area contributed by atoms with Crippen LogP contribution in [0.4, 0.5) is 0 Å². The highest BCUT2D eigenvalue weighted by atomic mass is 32.2. The van der Waals surface area contributed by atoms with E-state index in [2.05, 4.69) is 0 Å². The van der Waals surface area contributed by atoms with Crippen molar-refractivity contribution in [2.45, 2.75) is 11.3 Å². The number of thioether (sulfide) groups is 1. The van der Waals surface area contributed by atoms with Crippen LogP contribution >= 0.6 is 11.8 Å². The Hall–Kier alpha value is -1.36. The van der Waals surface area contributed by atoms with Gasteiger partial charge in [-0.1, -0.05) is 0 Å². The number of carbonyl (C=O) groups is 1. The number of methoxy groups -OCH3 is 2. The van der Waals surface area contributed by atoms with Crippen LogP contribution in [-0.4, -0.2) is 31.6 Å². The van der Waals surface area contributed by atoms with Gasteiger partial charge in [0, 0.05) is 5.56 Å². The first-order chi connectivity index (χ1) is 7.62. The number of aliphatic carboxylic acids is 1. The van der Waals surface area contributed by atoms with Crippen LogP contribution in [-0.2, 0) is 11.2 Å². The maximum atomic E-state index is 10.7. The predicted molar refractivity (Wildman–Crippen MR) is 62.7 cm³/mol. The molecule has 0 aliphatic carbocycles. The summed E-state index contributed by atoms with van der Waals surface area (Å²) in [5.41, 5.74) is 0.624. The van der Waals surface area contributed by atoms with Crippen LogP contribution in [0.3, 0.4) is 0 Å². The van der Waals surface area contributed by atoms with Crippen molar-refractivity contribution in [1.29, 1.82) is 0 Å². The average molecular weight is 242 g/mol. The number of rotatable bonds is 5. The molecule has 0 fully saturated rings. The molecule has 0 bridgehead atoms. The Morgan fingerprint density at radius 2 is 2.06 bits per heavy atom. The summed E-state index contributed by atoms with van der Waals surface area (Å²) >= 11 is 1.49. The molecule has 0 spiro atoms. The average Bonchev–Trinajstić information content (AvgIpc) is 2.27. The largest absolute Gasteiger partial charge is 0.497 e. The Balaban J connectivity index is 3.25. The number of carboxylic acids is 1. The quantitative estimate of drug-likeness (QED) is 0.801. The molecule has 0 saturated carbocycles. The lowest BCUT2D eigenvalue weighted by Gasteiger charge is -2.13. The fourth-order valence-corrected chi connectivity index (χ4v) is 2.06. The van der Waals surface area contributed by atoms with Crippen molar-refractivity contribution in [2.75, 3.05) is 20.5 Å². The topological polar surface area (TPSA) is 55.8 Å². The molecular weight excluding hydrogens is 228 g/mol. The third kappa shape index (κ3) is 2.82. The van der Waals surface area contributed by atoms with E-state index in [0.29, 0.717) is 17.1 Å². The zero-order valence-corrected chi connectivity index (χ0v) is 10.3. The van der Waals surface area contributed by atoms with E-state index in [1.165, 1.54) is 18.9 Å². The molecule has 0 atom stereocenters. The molecule has 1 rings (SSSR count). The van der Waals surface area contributed by atoms with Gasteiger partial charge in [-0.05, 0) is 18.4 Å². The highest BCUT2D eigenvalue weighted by Crippen LogP contribution is 2.35. The molecule has 1 aromatic rings. The van der Waals surface area contributed by atoms with Crippen LogP contribution < -0.4 is 9.47 Å². The molecule has 0 saturated heterocycles. The maximum absolute atomic E-state index is 10.7. The minimum absolute atomic E-state index is 0.0755. The monoisotopic (exact) mass is 242 g/mol. The molecule has 1 aromatic carbocycles. The van der Waals surface area contributed by atoms with Gasteiger partial charge in [0.2, 0.25) is 0 Å². The van der Waals surface area contributed by atoms with Gasteiger partial charge in [0.25, 0.3) is 0 Å². The minimum atomic E-state index is -0.890. The minimum Gasteiger partial charge on any atom is -0.497 e. The lowest BCUT2D eigenvalue weighted by atomic mass is 10.1. The highest BCUT2D eigenvalue weighted by molar-refractivity contribution is 7.98. The fourth-order valence-electron chi connectivity index (χ4n) is 1.43. The normalized spacial score (nSPS) is 9.94. The molecule has 1 N–H and O–H groups in total. The third-order valence-corrected chi connectivity index (χ3v) is 2.85. The number of ether oxygens (including phenoxy) is 2. The third-order valence-electron chi connectivity index (χ3n) is 2.11. The number of carboxylic acid groups (broad SMARTS) is 1. The zero-order chi connectivity index (χ0) is 12.1. The summed E-state index contributed by atoms with van der Waals surface area (Å²) in [6.45, 7) is 0. The molecule has 0 amide bonds. The van der Waals surface area contributed by atoms with Crippen molar-refractivity contribution in [1.82, 2.24) is 0 Å². The second-order valence-electron chi connectivity index (χ2n) is 3.09. The van der Waals surface area contributed by atoms with Gasteiger partial charge >= 0.3 is 5.97 Å². The van der Waals surface area contributed by atoms with E-state index in [9.17, 15) is 4.79 Å². The van der Waals surface area contributed by atoms with E-state index >= 15 is 0 Å². The number of benzene rings is 1. The Morgan fingerprint density at radius 1 is 1.38 bits per heavy atom. The van der Waals surface area contributed by atoms with E-state index < -0.39 is 5.97 Å². The van der Waals surface area contributed by atoms with Gasteiger partial charge in [0.1, 0.15) is 11.5 Å². The molecule has 5 heteroatoms. The summed E-state index contributed by atoms with van der Waals surface area (Å²) in [6, 6.07) is 3.52. The molecule has 88 valence electrons. The zero-order valence-electron chi connectivity index (χ0n) is 9.44. The van der Waals surface area contributed by atoms with Crippen LogP contribution in [0.15, 0.2) is 17.0 Å². The number of hydrogen-bond donors (Lipinski definition) is 1. The smallest absolute Gasteiger partial charge is 0.307 e. The van der Waals surface area contributed by atoms with Crippen LogP contribution in [0.25, 0.3) is 0 Å². The Labute approximate surface area is 98.6 Å². The lowest BCUT2D eigenvalue weighted by Crippen LogP contribution is -2.03. The highest BCUT2D eigenvalue weighted by Gasteiger charge is 2.14. The van der Waals surface area contributed by atoms with E-state index in [-0.39, 0.29) is 6.42 Å². The standard InChI is InChI=1S/C11H14O4S/c1-14-8-4-7(5-10(12)13)11(15-2)9(6-8)16-3/h4,6H,5H2,1-3H3,(H,12,13). The second-order valence-corrected chi connectivity index (χ2v) is 3.94. The van der Waals surface area contributed by atoms with E-state index in [4.69, 9.17) is 14.6 Å². The fraction of sp³-hybridized carbons (Fsp3) is 0.364. The summed E-state index contributed by atoms with van der Waals surface area (Å²) in [5, 5.41) is 8.81. The van der Waals surface area contributed by atoms with Crippen molar-refractivity contribution < 1.29 is 19.4 Å². The van der Waals surface area contributed by atoms with Crippen LogP contribution in [0.2, 0.25) is 0 Å². The maximum Gasteiger partial charge on any atom is 0.307 e. The summed E-state index contributed by atoms with van der Waals surface area (Å²) in [7, 11) is 3.09. The summed E-state index contributed by atoms with van der Waals surface area (Å²) in [4.78, 5) is 11.6. The Morgan fingerprint density at radius 3 is 2.50 bits per heavy atom. The van der Waals surface area contributed by atoms with Gasteiger partial charge in [0.15, 0.2) is 0 Å². The van der Waals surface area contributed by atoms with Gasteiger partial charge in [0.05, 0.1) is 25.5 Å². The summed E-state index contributed by atoms with van der Waals surface area (Å²) < 4.78 is 10.3. The summed E-state index contributed by atoms with van der Waals surface area (Å²) in [5.74, 6) is 0.357. The Kier molecular flexibility index (Phi) is 4.49. The van der Waals surface area contributed by atoms with E-state index in [0.717, 1.165) is 4.90 Å². The van der Waals surface area contributed by atoms with Gasteiger partial charge in [-0.3, -0.25) is 4.79 Å². The molecule has 0 aliphatic rings. The predicted octanol–water partition coefficient (Wildman–Crippen LogP) is 2.05. The number of hydrogen-bond acceptors (Lipinski definition) is 4. The van der Waals surface area contributed by atoms with Crippen molar-refractivity contribution in [3.8, 4) is 11.5 Å². The second kappa shape index (κ2) is 5.65.